The van der Waals surface area contributed by atoms with E-state index < -0.39 is 0 Å². The van der Waals surface area contributed by atoms with Crippen molar-refractivity contribution in [1.82, 2.24) is 5.32 Å². The molecule has 0 aromatic carbocycles. The van der Waals surface area contributed by atoms with Gasteiger partial charge in [0.25, 0.3) is 0 Å². The Kier molecular flexibility index (Phi) is 2.70. The van der Waals surface area contributed by atoms with E-state index in [1.165, 1.54) is 36.2 Å². The number of fused-ring (bicyclic) bond motifs is 2. The van der Waals surface area contributed by atoms with Crippen LogP contribution in [0.15, 0.2) is 10.5 Å². The molecule has 2 fully saturated rings. The Bertz CT molecular complexity index is 218. The summed E-state index contributed by atoms with van der Waals surface area (Å²) < 4.78 is 0. The lowest BCUT2D eigenvalue weighted by atomic mass is 9.90. The summed E-state index contributed by atoms with van der Waals surface area (Å²) in [6.45, 7) is 4.35. The summed E-state index contributed by atoms with van der Waals surface area (Å²) in [7, 11) is 0. The van der Waals surface area contributed by atoms with Crippen LogP contribution in [-0.4, -0.2) is 12.1 Å². The maximum atomic E-state index is 4.63. The van der Waals surface area contributed by atoms with Gasteiger partial charge < -0.3 is 5.32 Å². The zero-order valence-electron chi connectivity index (χ0n) is 8.51. The van der Waals surface area contributed by atoms with E-state index in [1.54, 1.807) is 0 Å². The van der Waals surface area contributed by atoms with Gasteiger partial charge in [-0.1, -0.05) is 5.57 Å². The van der Waals surface area contributed by atoms with E-state index in [-0.39, 0.29) is 0 Å². The first-order valence-electron chi connectivity index (χ1n) is 5.29. The van der Waals surface area contributed by atoms with Crippen LogP contribution in [0.2, 0.25) is 0 Å². The van der Waals surface area contributed by atoms with Gasteiger partial charge in [-0.25, -0.2) is 0 Å². The van der Waals surface area contributed by atoms with Crippen LogP contribution in [0.5, 0.6) is 0 Å². The smallest absolute Gasteiger partial charge is 0.00762 e. The fourth-order valence-electron chi connectivity index (χ4n) is 2.69. The first kappa shape index (κ1) is 9.60. The van der Waals surface area contributed by atoms with Crippen molar-refractivity contribution in [2.45, 2.75) is 51.6 Å². The Morgan fingerprint density at radius 1 is 1.15 bits per heavy atom. The quantitative estimate of drug-likeness (QED) is 0.616. The zero-order valence-corrected chi connectivity index (χ0v) is 9.40. The third-order valence-electron chi connectivity index (χ3n) is 3.37. The van der Waals surface area contributed by atoms with Crippen molar-refractivity contribution in [2.24, 2.45) is 5.92 Å². The second kappa shape index (κ2) is 3.66. The van der Waals surface area contributed by atoms with Gasteiger partial charge in [0.2, 0.25) is 0 Å². The first-order chi connectivity index (χ1) is 6.16. The van der Waals surface area contributed by atoms with E-state index in [0.29, 0.717) is 0 Å². The van der Waals surface area contributed by atoms with Crippen LogP contribution in [-0.2, 0) is 0 Å². The second-order valence-corrected chi connectivity index (χ2v) is 5.17. The normalized spacial score (nSPS) is 37.6. The number of rotatable bonds is 1. The molecule has 13 heavy (non-hydrogen) atoms. The van der Waals surface area contributed by atoms with Crippen LogP contribution in [0.25, 0.3) is 0 Å². The predicted molar refractivity (Wildman–Crippen MR) is 60.0 cm³/mol. The number of hydrogen-bond donors (Lipinski definition) is 2. The molecule has 0 spiro atoms. The lowest BCUT2D eigenvalue weighted by Gasteiger charge is -2.29. The lowest BCUT2D eigenvalue weighted by Crippen LogP contribution is -2.38. The Balaban J connectivity index is 2.07. The summed E-state index contributed by atoms with van der Waals surface area (Å²) in [5, 5.41) is 3.66. The molecule has 2 atom stereocenters. The van der Waals surface area contributed by atoms with Gasteiger partial charge in [0, 0.05) is 12.1 Å². The summed E-state index contributed by atoms with van der Waals surface area (Å²) in [6.07, 6.45) is 5.37. The van der Waals surface area contributed by atoms with Crippen LogP contribution >= 0.6 is 12.6 Å². The van der Waals surface area contributed by atoms with Crippen molar-refractivity contribution in [3.05, 3.63) is 10.5 Å². The van der Waals surface area contributed by atoms with Gasteiger partial charge in [0.1, 0.15) is 0 Å². The number of hydrogen-bond acceptors (Lipinski definition) is 2. The zero-order chi connectivity index (χ0) is 9.42. The molecule has 74 valence electrons. The highest BCUT2D eigenvalue weighted by Gasteiger charge is 2.34. The highest BCUT2D eigenvalue weighted by Crippen LogP contribution is 2.37. The van der Waals surface area contributed by atoms with Crippen LogP contribution in [0, 0.1) is 5.92 Å². The molecule has 0 radical (unpaired) electrons. The maximum absolute atomic E-state index is 4.63. The fraction of sp³-hybridized carbons (Fsp3) is 0.818. The van der Waals surface area contributed by atoms with Gasteiger partial charge in [-0.15, -0.1) is 12.6 Å². The van der Waals surface area contributed by atoms with E-state index in [2.05, 4.69) is 31.8 Å². The monoisotopic (exact) mass is 197 g/mol. The maximum Gasteiger partial charge on any atom is 0.00762 e. The molecule has 2 aliphatic heterocycles. The Morgan fingerprint density at radius 3 is 2.15 bits per heavy atom. The van der Waals surface area contributed by atoms with Crippen molar-refractivity contribution in [2.75, 3.05) is 0 Å². The highest BCUT2D eigenvalue weighted by molar-refractivity contribution is 7.84. The van der Waals surface area contributed by atoms with Crippen LogP contribution in [0.4, 0.5) is 0 Å². The minimum Gasteiger partial charge on any atom is -0.311 e. The minimum atomic E-state index is 0.743. The molecule has 1 N–H and O–H groups in total. The Morgan fingerprint density at radius 2 is 1.69 bits per heavy atom. The Hall–Kier alpha value is 0.0500. The molecule has 2 heterocycles. The van der Waals surface area contributed by atoms with Crippen molar-refractivity contribution >= 4 is 12.6 Å². The molecule has 0 saturated carbocycles. The molecule has 2 bridgehead atoms. The van der Waals surface area contributed by atoms with Crippen LogP contribution in [0.1, 0.15) is 39.5 Å². The van der Waals surface area contributed by atoms with E-state index in [9.17, 15) is 0 Å². The van der Waals surface area contributed by atoms with Crippen LogP contribution in [0.3, 0.4) is 0 Å². The average Bonchev–Trinajstić information content (AvgIpc) is 2.44. The van der Waals surface area contributed by atoms with Gasteiger partial charge in [-0.3, -0.25) is 0 Å². The summed E-state index contributed by atoms with van der Waals surface area (Å²) in [5.74, 6) is 0.743. The third-order valence-corrected chi connectivity index (χ3v) is 4.18. The van der Waals surface area contributed by atoms with E-state index in [0.717, 1.165) is 18.0 Å². The molecule has 2 saturated heterocycles. The van der Waals surface area contributed by atoms with Crippen molar-refractivity contribution in [3.63, 3.8) is 0 Å². The van der Waals surface area contributed by atoms with E-state index >= 15 is 0 Å². The first-order valence-corrected chi connectivity index (χ1v) is 5.74. The number of piperidine rings is 1. The summed E-state index contributed by atoms with van der Waals surface area (Å²) in [4.78, 5) is 1.35. The summed E-state index contributed by atoms with van der Waals surface area (Å²) >= 11 is 4.63. The molecule has 0 amide bonds. The molecule has 2 rings (SSSR count). The second-order valence-electron chi connectivity index (χ2n) is 4.69. The molecule has 0 aromatic heterocycles. The number of thiol groups is 1. The standard InChI is InChI=1S/C11H19NS/c1-7(2)11(13)8-5-9-3-4-10(6-8)12-9/h8-10,12-13H,3-6H2,1-2H3. The highest BCUT2D eigenvalue weighted by atomic mass is 32.1. The van der Waals surface area contributed by atoms with Gasteiger partial charge in [0.05, 0.1) is 0 Å². The molecule has 2 unspecified atom stereocenters. The number of allylic oxidation sites excluding steroid dienone is 2. The molecular weight excluding hydrogens is 178 g/mol. The van der Waals surface area contributed by atoms with Gasteiger partial charge >= 0.3 is 0 Å². The predicted octanol–water partition coefficient (Wildman–Crippen LogP) is 2.74. The van der Waals surface area contributed by atoms with Gasteiger partial charge in [-0.05, 0) is 50.4 Å². The topological polar surface area (TPSA) is 12.0 Å². The van der Waals surface area contributed by atoms with Crippen molar-refractivity contribution < 1.29 is 0 Å². The molecule has 2 heteroatoms. The summed E-state index contributed by atoms with van der Waals surface area (Å²) in [5.41, 5.74) is 1.40. The van der Waals surface area contributed by atoms with Gasteiger partial charge in [0.15, 0.2) is 0 Å². The van der Waals surface area contributed by atoms with E-state index in [4.69, 9.17) is 0 Å². The molecule has 0 aromatic rings. The number of nitrogens with one attached hydrogen (secondary N) is 1. The lowest BCUT2D eigenvalue weighted by molar-refractivity contribution is 0.340. The largest absolute Gasteiger partial charge is 0.311 e. The third kappa shape index (κ3) is 1.94. The van der Waals surface area contributed by atoms with E-state index in [1.807, 2.05) is 0 Å². The molecule has 0 aliphatic carbocycles. The molecule has 1 nitrogen and oxygen atoms in total. The van der Waals surface area contributed by atoms with Gasteiger partial charge in [-0.2, -0.15) is 0 Å². The fourth-order valence-corrected chi connectivity index (χ4v) is 2.90. The molecular formula is C11H19NS. The average molecular weight is 197 g/mol. The summed E-state index contributed by atoms with van der Waals surface area (Å²) in [6, 6.07) is 1.57. The van der Waals surface area contributed by atoms with Crippen LogP contribution < -0.4 is 5.32 Å². The minimum absolute atomic E-state index is 0.743. The van der Waals surface area contributed by atoms with Crippen molar-refractivity contribution in [3.8, 4) is 0 Å². The van der Waals surface area contributed by atoms with Crippen molar-refractivity contribution in [1.29, 1.82) is 0 Å². The Labute approximate surface area is 86.4 Å². The molecule has 2 aliphatic rings. The SMILES string of the molecule is CC(C)=C(S)C1CC2CCC(C1)N2.